The molecule has 1 fully saturated rings. The largest absolute Gasteiger partial charge is 0.345 e. The van der Waals surface area contributed by atoms with Gasteiger partial charge in [-0.05, 0) is 52.4 Å². The number of piperidine rings is 1. The predicted molar refractivity (Wildman–Crippen MR) is 127 cm³/mol. The molecule has 0 unspecified atom stereocenters. The van der Waals surface area contributed by atoms with E-state index in [9.17, 15) is 9.59 Å². The van der Waals surface area contributed by atoms with Gasteiger partial charge in [0.25, 0.3) is 0 Å². The van der Waals surface area contributed by atoms with Crippen LogP contribution < -0.4 is 0 Å². The lowest BCUT2D eigenvalue weighted by molar-refractivity contribution is -0.130. The molecule has 0 aromatic carbocycles. The molecule has 0 saturated carbocycles. The Bertz CT molecular complexity index is 472. The Morgan fingerprint density at radius 3 is 1.90 bits per heavy atom. The summed E-state index contributed by atoms with van der Waals surface area (Å²) in [4.78, 5) is 32.5. The molecule has 1 rings (SSSR count). The van der Waals surface area contributed by atoms with E-state index in [1.807, 2.05) is 30.8 Å². The maximum Gasteiger partial charge on any atom is 0.223 e. The van der Waals surface area contributed by atoms with Crippen LogP contribution in [0.5, 0.6) is 0 Å². The third-order valence-electron chi connectivity index (χ3n) is 5.39. The highest BCUT2D eigenvalue weighted by atomic mass is 33.1. The van der Waals surface area contributed by atoms with Crippen molar-refractivity contribution in [3.63, 3.8) is 0 Å². The lowest BCUT2D eigenvalue weighted by atomic mass is 9.96. The third kappa shape index (κ3) is 12.1. The first-order valence-corrected chi connectivity index (χ1v) is 13.4. The molecular weight excluding hydrogens is 404 g/mol. The monoisotopic (exact) mass is 446 g/mol. The molecular formula is C21H42N4O2S2. The third-order valence-corrected chi connectivity index (χ3v) is 7.76. The highest BCUT2D eigenvalue weighted by Gasteiger charge is 2.20. The zero-order chi connectivity index (χ0) is 21.6. The number of hydrogen-bond donors (Lipinski definition) is 0. The van der Waals surface area contributed by atoms with Crippen LogP contribution in [0.4, 0.5) is 0 Å². The fourth-order valence-corrected chi connectivity index (χ4v) is 5.56. The van der Waals surface area contributed by atoms with Gasteiger partial charge >= 0.3 is 0 Å². The molecule has 0 N–H and O–H groups in total. The number of carbonyl (C=O) groups is 2. The van der Waals surface area contributed by atoms with Crippen LogP contribution >= 0.6 is 21.6 Å². The number of amides is 2. The van der Waals surface area contributed by atoms with Crippen LogP contribution in [-0.2, 0) is 9.59 Å². The molecule has 8 heteroatoms. The van der Waals surface area contributed by atoms with E-state index in [1.54, 1.807) is 21.6 Å². The van der Waals surface area contributed by atoms with Gasteiger partial charge in [-0.3, -0.25) is 9.59 Å². The number of rotatable bonds is 14. The van der Waals surface area contributed by atoms with Crippen molar-refractivity contribution < 1.29 is 9.59 Å². The fourth-order valence-electron chi connectivity index (χ4n) is 3.47. The van der Waals surface area contributed by atoms with Crippen molar-refractivity contribution in [2.75, 3.05) is 79.0 Å². The van der Waals surface area contributed by atoms with E-state index in [1.165, 1.54) is 19.4 Å². The first-order chi connectivity index (χ1) is 13.8. The Labute approximate surface area is 186 Å². The summed E-state index contributed by atoms with van der Waals surface area (Å²) in [6.45, 7) is 7.91. The molecule has 170 valence electrons. The van der Waals surface area contributed by atoms with Crippen molar-refractivity contribution in [1.82, 2.24) is 19.6 Å². The molecule has 2 amide bonds. The lowest BCUT2D eigenvalue weighted by Gasteiger charge is -2.33. The summed E-state index contributed by atoms with van der Waals surface area (Å²) in [5, 5.41) is 0. The van der Waals surface area contributed by atoms with Crippen LogP contribution in [0, 0.1) is 5.92 Å². The number of nitrogens with zero attached hydrogens (tertiary/aromatic N) is 4. The summed E-state index contributed by atoms with van der Waals surface area (Å²) in [5.74, 6) is 3.13. The van der Waals surface area contributed by atoms with E-state index in [0.717, 1.165) is 56.6 Å². The average Bonchev–Trinajstić information content (AvgIpc) is 2.69. The molecule has 29 heavy (non-hydrogen) atoms. The topological polar surface area (TPSA) is 47.1 Å². The zero-order valence-corrected chi connectivity index (χ0v) is 20.8. The lowest BCUT2D eigenvalue weighted by Crippen LogP contribution is -2.39. The van der Waals surface area contributed by atoms with Gasteiger partial charge in [0.2, 0.25) is 11.8 Å². The minimum Gasteiger partial charge on any atom is -0.345 e. The van der Waals surface area contributed by atoms with Gasteiger partial charge in [0.1, 0.15) is 0 Å². The second-order valence-electron chi connectivity index (χ2n) is 8.32. The molecule has 0 atom stereocenters. The maximum absolute atomic E-state index is 12.4. The second kappa shape index (κ2) is 15.4. The molecule has 0 aromatic heterocycles. The summed E-state index contributed by atoms with van der Waals surface area (Å²) < 4.78 is 0. The van der Waals surface area contributed by atoms with Crippen molar-refractivity contribution in [1.29, 1.82) is 0 Å². The van der Waals surface area contributed by atoms with Gasteiger partial charge in [-0.1, -0.05) is 28.5 Å². The second-order valence-corrected chi connectivity index (χ2v) is 11.0. The van der Waals surface area contributed by atoms with E-state index in [2.05, 4.69) is 23.9 Å². The van der Waals surface area contributed by atoms with Crippen LogP contribution in [0.25, 0.3) is 0 Å². The van der Waals surface area contributed by atoms with Gasteiger partial charge in [-0.15, -0.1) is 0 Å². The van der Waals surface area contributed by atoms with Crippen molar-refractivity contribution in [2.24, 2.45) is 5.92 Å². The molecule has 0 bridgehead atoms. The normalized spacial score (nSPS) is 15.7. The van der Waals surface area contributed by atoms with Gasteiger partial charge in [0, 0.05) is 64.6 Å². The van der Waals surface area contributed by atoms with E-state index in [0.29, 0.717) is 12.8 Å². The van der Waals surface area contributed by atoms with E-state index in [4.69, 9.17) is 0 Å². The van der Waals surface area contributed by atoms with Gasteiger partial charge in [0.05, 0.1) is 0 Å². The van der Waals surface area contributed by atoms with Crippen LogP contribution in [0.1, 0.15) is 39.0 Å². The zero-order valence-electron chi connectivity index (χ0n) is 19.2. The van der Waals surface area contributed by atoms with Crippen LogP contribution in [0.3, 0.4) is 0 Å². The van der Waals surface area contributed by atoms with E-state index < -0.39 is 0 Å². The predicted octanol–water partition coefficient (Wildman–Crippen LogP) is 2.75. The number of hydrogen-bond acceptors (Lipinski definition) is 6. The molecule has 1 heterocycles. The minimum atomic E-state index is 0.227. The summed E-state index contributed by atoms with van der Waals surface area (Å²) in [6.07, 6.45) is 4.65. The van der Waals surface area contributed by atoms with Crippen molar-refractivity contribution >= 4 is 33.4 Å². The highest BCUT2D eigenvalue weighted by Crippen LogP contribution is 2.21. The van der Waals surface area contributed by atoms with Gasteiger partial charge < -0.3 is 19.6 Å². The SMILES string of the molecule is CCCC(=O)N(C)CCSSCCN(C)C(=O)CCN1CCC(CN(C)C)CC1. The Morgan fingerprint density at radius 1 is 0.897 bits per heavy atom. The first-order valence-electron chi connectivity index (χ1n) is 10.9. The van der Waals surface area contributed by atoms with Crippen LogP contribution in [0.15, 0.2) is 0 Å². The van der Waals surface area contributed by atoms with Gasteiger partial charge in [-0.2, -0.15) is 0 Å². The van der Waals surface area contributed by atoms with Gasteiger partial charge in [0.15, 0.2) is 0 Å². The Kier molecular flexibility index (Phi) is 14.1. The molecule has 0 spiro atoms. The van der Waals surface area contributed by atoms with Crippen molar-refractivity contribution in [2.45, 2.75) is 39.0 Å². The van der Waals surface area contributed by atoms with Crippen molar-refractivity contribution in [3.05, 3.63) is 0 Å². The fraction of sp³-hybridized carbons (Fsp3) is 0.905. The summed E-state index contributed by atoms with van der Waals surface area (Å²) in [7, 11) is 11.6. The molecule has 0 radical (unpaired) electrons. The first kappa shape index (κ1) is 26.6. The quantitative estimate of drug-likeness (QED) is 0.302. The number of likely N-dealkylation sites (tertiary alicyclic amines) is 1. The standard InChI is InChI=1S/C21H42N4O2S2/c1-6-7-20(26)23(4)14-16-28-29-17-15-24(5)21(27)10-13-25-11-8-19(9-12-25)18-22(2)3/h19H,6-18H2,1-5H3. The van der Waals surface area contributed by atoms with Crippen LogP contribution in [0.2, 0.25) is 0 Å². The van der Waals surface area contributed by atoms with Crippen LogP contribution in [-0.4, -0.2) is 110 Å². The van der Waals surface area contributed by atoms with Crippen molar-refractivity contribution in [3.8, 4) is 0 Å². The molecule has 0 aliphatic carbocycles. The van der Waals surface area contributed by atoms with E-state index >= 15 is 0 Å². The average molecular weight is 447 g/mol. The minimum absolute atomic E-state index is 0.227. The number of carbonyl (C=O) groups excluding carboxylic acids is 2. The maximum atomic E-state index is 12.4. The summed E-state index contributed by atoms with van der Waals surface area (Å²) >= 11 is 0. The Morgan fingerprint density at radius 2 is 1.41 bits per heavy atom. The smallest absolute Gasteiger partial charge is 0.223 e. The summed E-state index contributed by atoms with van der Waals surface area (Å²) in [5.41, 5.74) is 0. The highest BCUT2D eigenvalue weighted by molar-refractivity contribution is 8.76. The molecule has 1 saturated heterocycles. The molecule has 1 aliphatic rings. The Hall–Kier alpha value is -0.440. The summed E-state index contributed by atoms with van der Waals surface area (Å²) in [6, 6.07) is 0. The van der Waals surface area contributed by atoms with E-state index in [-0.39, 0.29) is 11.8 Å². The Balaban J connectivity index is 2.05. The molecule has 6 nitrogen and oxygen atoms in total. The van der Waals surface area contributed by atoms with Gasteiger partial charge in [-0.25, -0.2) is 0 Å². The molecule has 0 aromatic rings. The molecule has 1 aliphatic heterocycles.